The number of urea groups is 1. The highest BCUT2D eigenvalue weighted by molar-refractivity contribution is 7.92. The van der Waals surface area contributed by atoms with Crippen LogP contribution in [0.1, 0.15) is 46.0 Å². The van der Waals surface area contributed by atoms with E-state index in [2.05, 4.69) is 22.3 Å². The van der Waals surface area contributed by atoms with Crippen LogP contribution < -0.4 is 15.4 Å². The Morgan fingerprint density at radius 1 is 1.12 bits per heavy atom. The lowest BCUT2D eigenvalue weighted by Crippen LogP contribution is -2.43. The lowest BCUT2D eigenvalue weighted by molar-refractivity contribution is 0.232. The van der Waals surface area contributed by atoms with E-state index in [-0.39, 0.29) is 17.8 Å². The number of rotatable bonds is 6. The van der Waals surface area contributed by atoms with Gasteiger partial charge in [-0.2, -0.15) is 0 Å². The molecule has 6 nitrogen and oxygen atoms in total. The average molecular weight is 353 g/mol. The van der Waals surface area contributed by atoms with Gasteiger partial charge < -0.3 is 10.6 Å². The van der Waals surface area contributed by atoms with E-state index in [4.69, 9.17) is 0 Å². The monoisotopic (exact) mass is 353 g/mol. The van der Waals surface area contributed by atoms with E-state index >= 15 is 0 Å². The van der Waals surface area contributed by atoms with Crippen LogP contribution in [0, 0.1) is 5.92 Å². The first-order chi connectivity index (χ1) is 11.4. The number of sulfonamides is 1. The second-order valence-electron chi connectivity index (χ2n) is 6.46. The first-order valence-electron chi connectivity index (χ1n) is 8.57. The summed E-state index contributed by atoms with van der Waals surface area (Å²) in [6.07, 6.45) is 5.12. The van der Waals surface area contributed by atoms with Gasteiger partial charge in [-0.15, -0.1) is 0 Å². The molecule has 1 aliphatic rings. The second kappa shape index (κ2) is 8.37. The molecule has 1 aromatic rings. The molecule has 1 aliphatic carbocycles. The molecule has 2 amide bonds. The van der Waals surface area contributed by atoms with Crippen molar-refractivity contribution in [3.05, 3.63) is 24.3 Å². The summed E-state index contributed by atoms with van der Waals surface area (Å²) >= 11 is 0. The summed E-state index contributed by atoms with van der Waals surface area (Å²) in [7, 11) is -3.30. The van der Waals surface area contributed by atoms with Crippen molar-refractivity contribution in [2.45, 2.75) is 52.0 Å². The van der Waals surface area contributed by atoms with Crippen LogP contribution >= 0.6 is 0 Å². The van der Waals surface area contributed by atoms with Gasteiger partial charge in [0.25, 0.3) is 0 Å². The van der Waals surface area contributed by atoms with Gasteiger partial charge in [-0.25, -0.2) is 13.2 Å². The molecule has 134 valence electrons. The predicted octanol–water partition coefficient (Wildman–Crippen LogP) is 3.54. The maximum Gasteiger partial charge on any atom is 0.319 e. The highest BCUT2D eigenvalue weighted by Crippen LogP contribution is 2.24. The van der Waals surface area contributed by atoms with E-state index in [1.54, 1.807) is 24.3 Å². The second-order valence-corrected chi connectivity index (χ2v) is 8.31. The zero-order chi connectivity index (χ0) is 17.6. The third kappa shape index (κ3) is 5.70. The van der Waals surface area contributed by atoms with Crippen LogP contribution in [0.4, 0.5) is 16.2 Å². The quantitative estimate of drug-likeness (QED) is 0.731. The van der Waals surface area contributed by atoms with Crippen molar-refractivity contribution >= 4 is 27.4 Å². The van der Waals surface area contributed by atoms with Gasteiger partial charge in [0, 0.05) is 17.4 Å². The van der Waals surface area contributed by atoms with Crippen molar-refractivity contribution in [1.82, 2.24) is 5.32 Å². The molecule has 1 saturated carbocycles. The van der Waals surface area contributed by atoms with Crippen molar-refractivity contribution in [3.63, 3.8) is 0 Å². The minimum atomic E-state index is -3.30. The Balaban J connectivity index is 1.88. The number of amides is 2. The van der Waals surface area contributed by atoms with Crippen LogP contribution in [0.5, 0.6) is 0 Å². The minimum Gasteiger partial charge on any atom is -0.335 e. The van der Waals surface area contributed by atoms with Crippen LogP contribution in [0.3, 0.4) is 0 Å². The summed E-state index contributed by atoms with van der Waals surface area (Å²) in [5, 5.41) is 5.82. The minimum absolute atomic E-state index is 0.0922. The van der Waals surface area contributed by atoms with Gasteiger partial charge in [0.1, 0.15) is 0 Å². The van der Waals surface area contributed by atoms with E-state index < -0.39 is 10.0 Å². The normalized spacial score (nSPS) is 21.1. The summed E-state index contributed by atoms with van der Waals surface area (Å²) in [6, 6.07) is 6.67. The van der Waals surface area contributed by atoms with Crippen LogP contribution in [0.2, 0.25) is 0 Å². The van der Waals surface area contributed by atoms with Crippen molar-refractivity contribution in [3.8, 4) is 0 Å². The van der Waals surface area contributed by atoms with Gasteiger partial charge in [-0.05, 0) is 49.4 Å². The molecule has 3 N–H and O–H groups in total. The van der Waals surface area contributed by atoms with Crippen molar-refractivity contribution in [2.24, 2.45) is 5.92 Å². The molecule has 0 aliphatic heterocycles. The molecule has 1 fully saturated rings. The average Bonchev–Trinajstić information content (AvgIpc) is 2.51. The maximum atomic E-state index is 12.1. The van der Waals surface area contributed by atoms with Gasteiger partial charge >= 0.3 is 6.03 Å². The van der Waals surface area contributed by atoms with E-state index in [1.165, 1.54) is 6.42 Å². The van der Waals surface area contributed by atoms with E-state index in [0.717, 1.165) is 19.3 Å². The number of carbonyl (C=O) groups excluding carboxylic acids is 1. The molecule has 0 radical (unpaired) electrons. The molecular formula is C17H27N3O3S. The number of hydrogen-bond donors (Lipinski definition) is 3. The van der Waals surface area contributed by atoms with Crippen molar-refractivity contribution in [1.29, 1.82) is 0 Å². The molecule has 0 saturated heterocycles. The number of nitrogens with one attached hydrogen (secondary N) is 3. The number of carbonyl (C=O) groups is 1. The Morgan fingerprint density at radius 3 is 2.38 bits per heavy atom. The Bertz CT molecular complexity index is 644. The molecule has 0 heterocycles. The fraction of sp³-hybridized carbons (Fsp3) is 0.588. The Hall–Kier alpha value is -1.76. The zero-order valence-electron chi connectivity index (χ0n) is 14.3. The molecular weight excluding hydrogens is 326 g/mol. The van der Waals surface area contributed by atoms with Crippen LogP contribution in [0.25, 0.3) is 0 Å². The highest BCUT2D eigenvalue weighted by Gasteiger charge is 2.22. The standard InChI is InChI=1S/C17H27N3O3S/c1-3-12-24(22,23)20-15-10-8-14(9-11-15)18-17(21)19-16-7-5-4-6-13(16)2/h8-11,13,16,20H,3-7,12H2,1-2H3,(H2,18,19,21). The highest BCUT2D eigenvalue weighted by atomic mass is 32.2. The van der Waals surface area contributed by atoms with Crippen molar-refractivity contribution in [2.75, 3.05) is 15.8 Å². The van der Waals surface area contributed by atoms with E-state index in [1.807, 2.05) is 6.92 Å². The number of anilines is 2. The van der Waals surface area contributed by atoms with Crippen molar-refractivity contribution < 1.29 is 13.2 Å². The molecule has 0 spiro atoms. The third-order valence-corrected chi connectivity index (χ3v) is 5.81. The molecule has 1 aromatic carbocycles. The van der Waals surface area contributed by atoms with Crippen LogP contribution in [-0.2, 0) is 10.0 Å². The summed E-state index contributed by atoms with van der Waals surface area (Å²) in [6.45, 7) is 3.99. The molecule has 0 bridgehead atoms. The lowest BCUT2D eigenvalue weighted by atomic mass is 9.86. The smallest absolute Gasteiger partial charge is 0.319 e. The Kier molecular flexibility index (Phi) is 6.48. The Morgan fingerprint density at radius 2 is 1.75 bits per heavy atom. The van der Waals surface area contributed by atoms with Gasteiger partial charge in [0.2, 0.25) is 10.0 Å². The molecule has 2 rings (SSSR count). The Labute approximate surface area is 144 Å². The van der Waals surface area contributed by atoms with E-state index in [0.29, 0.717) is 23.7 Å². The van der Waals surface area contributed by atoms with E-state index in [9.17, 15) is 13.2 Å². The summed E-state index contributed by atoms with van der Waals surface area (Å²) in [5.41, 5.74) is 1.13. The summed E-state index contributed by atoms with van der Waals surface area (Å²) in [4.78, 5) is 12.1. The first kappa shape index (κ1) is 18.6. The maximum absolute atomic E-state index is 12.1. The first-order valence-corrected chi connectivity index (χ1v) is 10.2. The molecule has 0 aromatic heterocycles. The van der Waals surface area contributed by atoms with Gasteiger partial charge in [-0.1, -0.05) is 26.7 Å². The lowest BCUT2D eigenvalue weighted by Gasteiger charge is -2.29. The SMILES string of the molecule is CCCS(=O)(=O)Nc1ccc(NC(=O)NC2CCCCC2C)cc1. The van der Waals surface area contributed by atoms with Crippen LogP contribution in [0.15, 0.2) is 24.3 Å². The topological polar surface area (TPSA) is 87.3 Å². The van der Waals surface area contributed by atoms with Crippen LogP contribution in [-0.4, -0.2) is 26.2 Å². The summed E-state index contributed by atoms with van der Waals surface area (Å²) < 4.78 is 26.0. The largest absolute Gasteiger partial charge is 0.335 e. The third-order valence-electron chi connectivity index (χ3n) is 4.32. The van der Waals surface area contributed by atoms with Gasteiger partial charge in [0.15, 0.2) is 0 Å². The predicted molar refractivity (Wildman–Crippen MR) is 97.7 cm³/mol. The number of hydrogen-bond acceptors (Lipinski definition) is 3. The van der Waals surface area contributed by atoms with Gasteiger partial charge in [-0.3, -0.25) is 4.72 Å². The number of benzene rings is 1. The molecule has 2 unspecified atom stereocenters. The fourth-order valence-electron chi connectivity index (χ4n) is 2.99. The van der Waals surface area contributed by atoms with Gasteiger partial charge in [0.05, 0.1) is 5.75 Å². The molecule has 2 atom stereocenters. The zero-order valence-corrected chi connectivity index (χ0v) is 15.2. The molecule has 7 heteroatoms. The fourth-order valence-corrected chi connectivity index (χ4v) is 4.12. The summed E-state index contributed by atoms with van der Waals surface area (Å²) in [5.74, 6) is 0.592. The molecule has 24 heavy (non-hydrogen) atoms.